The highest BCUT2D eigenvalue weighted by molar-refractivity contribution is 5.58. The number of benzene rings is 1. The first-order valence-corrected chi connectivity index (χ1v) is 6.76. The van der Waals surface area contributed by atoms with Crippen LogP contribution in [0.4, 0.5) is 0 Å². The summed E-state index contributed by atoms with van der Waals surface area (Å²) in [5, 5.41) is 10.5. The van der Waals surface area contributed by atoms with Crippen molar-refractivity contribution in [1.29, 1.82) is 0 Å². The van der Waals surface area contributed by atoms with Crippen LogP contribution in [0.25, 0.3) is 11.3 Å². The van der Waals surface area contributed by atoms with Gasteiger partial charge in [-0.25, -0.2) is 0 Å². The Bertz CT molecular complexity index is 507. The van der Waals surface area contributed by atoms with Crippen LogP contribution in [0.2, 0.25) is 0 Å². The van der Waals surface area contributed by atoms with Crippen molar-refractivity contribution < 1.29 is 4.74 Å². The van der Waals surface area contributed by atoms with Crippen LogP contribution in [0.3, 0.4) is 0 Å². The van der Waals surface area contributed by atoms with Crippen molar-refractivity contribution in [3.63, 3.8) is 0 Å². The zero-order valence-electron chi connectivity index (χ0n) is 11.1. The molecule has 0 saturated carbocycles. The van der Waals surface area contributed by atoms with Crippen LogP contribution in [-0.2, 0) is 11.3 Å². The Labute approximate surface area is 113 Å². The van der Waals surface area contributed by atoms with Crippen molar-refractivity contribution in [2.45, 2.75) is 32.0 Å². The zero-order chi connectivity index (χ0) is 13.1. The Morgan fingerprint density at radius 3 is 2.79 bits per heavy atom. The Hall–Kier alpha value is -1.65. The quantitative estimate of drug-likeness (QED) is 0.884. The number of nitrogens with zero attached hydrogens (tertiary/aromatic N) is 1. The lowest BCUT2D eigenvalue weighted by molar-refractivity contribution is 0.113. The molecule has 19 heavy (non-hydrogen) atoms. The van der Waals surface area contributed by atoms with E-state index in [1.165, 1.54) is 11.1 Å². The molecule has 3 rings (SSSR count). The molecule has 2 N–H and O–H groups in total. The lowest BCUT2D eigenvalue weighted by Crippen LogP contribution is -2.34. The second kappa shape index (κ2) is 5.55. The Morgan fingerprint density at radius 1 is 1.32 bits per heavy atom. The fourth-order valence-corrected chi connectivity index (χ4v) is 2.47. The molecule has 2 aromatic rings. The average molecular weight is 257 g/mol. The van der Waals surface area contributed by atoms with Crippen molar-refractivity contribution in [1.82, 2.24) is 15.5 Å². The number of aromatic nitrogens is 2. The second-order valence-corrected chi connectivity index (χ2v) is 5.02. The van der Waals surface area contributed by atoms with E-state index >= 15 is 0 Å². The number of nitrogens with one attached hydrogen (secondary N) is 2. The minimum atomic E-state index is 0.323. The molecule has 4 heteroatoms. The molecule has 1 aliphatic heterocycles. The van der Waals surface area contributed by atoms with Gasteiger partial charge in [-0.2, -0.15) is 5.10 Å². The van der Waals surface area contributed by atoms with Crippen LogP contribution in [0.15, 0.2) is 36.5 Å². The Morgan fingerprint density at radius 2 is 2.16 bits per heavy atom. The molecule has 0 amide bonds. The van der Waals surface area contributed by atoms with Crippen LogP contribution in [0, 0.1) is 0 Å². The predicted molar refractivity (Wildman–Crippen MR) is 74.7 cm³/mol. The second-order valence-electron chi connectivity index (χ2n) is 5.02. The maximum atomic E-state index is 5.55. The highest BCUT2D eigenvalue weighted by Crippen LogP contribution is 2.17. The van der Waals surface area contributed by atoms with E-state index in [1.807, 2.05) is 6.07 Å². The van der Waals surface area contributed by atoms with E-state index in [0.29, 0.717) is 12.1 Å². The summed E-state index contributed by atoms with van der Waals surface area (Å²) >= 11 is 0. The van der Waals surface area contributed by atoms with Crippen molar-refractivity contribution >= 4 is 0 Å². The number of ether oxygens (including phenoxy) is 1. The largest absolute Gasteiger partial charge is 0.377 e. The van der Waals surface area contributed by atoms with Crippen LogP contribution < -0.4 is 5.32 Å². The summed E-state index contributed by atoms with van der Waals surface area (Å²) < 4.78 is 5.55. The van der Waals surface area contributed by atoms with E-state index in [1.54, 1.807) is 6.20 Å². The molecule has 100 valence electrons. The normalized spacial score (nSPS) is 22.8. The van der Waals surface area contributed by atoms with Gasteiger partial charge in [0.15, 0.2) is 0 Å². The lowest BCUT2D eigenvalue weighted by Gasteiger charge is -2.16. The van der Waals surface area contributed by atoms with Gasteiger partial charge in [0.25, 0.3) is 0 Å². The van der Waals surface area contributed by atoms with Gasteiger partial charge in [-0.3, -0.25) is 5.10 Å². The summed E-state index contributed by atoms with van der Waals surface area (Å²) in [7, 11) is 0. The molecule has 2 heterocycles. The zero-order valence-corrected chi connectivity index (χ0v) is 11.1. The third-order valence-electron chi connectivity index (χ3n) is 3.71. The SMILES string of the molecule is CC1OCCC1NCc1ccc(-c2ccn[nH]2)cc1. The molecule has 0 aliphatic carbocycles. The molecular formula is C15H19N3O. The van der Waals surface area contributed by atoms with Gasteiger partial charge in [-0.1, -0.05) is 24.3 Å². The third kappa shape index (κ3) is 2.85. The number of rotatable bonds is 4. The summed E-state index contributed by atoms with van der Waals surface area (Å²) in [4.78, 5) is 0. The summed E-state index contributed by atoms with van der Waals surface area (Å²) in [6, 6.07) is 11.0. The van der Waals surface area contributed by atoms with Crippen molar-refractivity contribution in [2.24, 2.45) is 0 Å². The highest BCUT2D eigenvalue weighted by atomic mass is 16.5. The van der Waals surface area contributed by atoms with Gasteiger partial charge in [0, 0.05) is 25.4 Å². The molecule has 1 fully saturated rings. The van der Waals surface area contributed by atoms with E-state index in [-0.39, 0.29) is 0 Å². The molecule has 1 aromatic carbocycles. The van der Waals surface area contributed by atoms with E-state index in [9.17, 15) is 0 Å². The first-order valence-electron chi connectivity index (χ1n) is 6.76. The van der Waals surface area contributed by atoms with Crippen LogP contribution in [0.1, 0.15) is 18.9 Å². The minimum absolute atomic E-state index is 0.323. The topological polar surface area (TPSA) is 49.9 Å². The number of hydrogen-bond acceptors (Lipinski definition) is 3. The van der Waals surface area contributed by atoms with Crippen LogP contribution in [0.5, 0.6) is 0 Å². The maximum Gasteiger partial charge on any atom is 0.0700 e. The van der Waals surface area contributed by atoms with Gasteiger partial charge < -0.3 is 10.1 Å². The van der Waals surface area contributed by atoms with E-state index in [4.69, 9.17) is 4.74 Å². The number of aromatic amines is 1. The first-order chi connectivity index (χ1) is 9.33. The van der Waals surface area contributed by atoms with E-state index < -0.39 is 0 Å². The standard InChI is InChI=1S/C15H19N3O/c1-11-14(7-9-19-11)16-10-12-2-4-13(5-3-12)15-6-8-17-18-15/h2-6,8,11,14,16H,7,9-10H2,1H3,(H,17,18). The fourth-order valence-electron chi connectivity index (χ4n) is 2.47. The molecule has 1 saturated heterocycles. The van der Waals surface area contributed by atoms with Gasteiger partial charge in [0.05, 0.1) is 11.8 Å². The fraction of sp³-hybridized carbons (Fsp3) is 0.400. The summed E-state index contributed by atoms with van der Waals surface area (Å²) in [6.45, 7) is 3.89. The predicted octanol–water partition coefficient (Wildman–Crippen LogP) is 2.34. The summed E-state index contributed by atoms with van der Waals surface area (Å²) in [5.74, 6) is 0. The summed E-state index contributed by atoms with van der Waals surface area (Å²) in [5.41, 5.74) is 3.51. The minimum Gasteiger partial charge on any atom is -0.377 e. The molecule has 2 unspecified atom stereocenters. The Balaban J connectivity index is 1.60. The number of H-pyrrole nitrogens is 1. The molecule has 1 aliphatic rings. The Kier molecular flexibility index (Phi) is 3.62. The lowest BCUT2D eigenvalue weighted by atomic mass is 10.1. The van der Waals surface area contributed by atoms with E-state index in [2.05, 4.69) is 46.7 Å². The smallest absolute Gasteiger partial charge is 0.0700 e. The monoisotopic (exact) mass is 257 g/mol. The first kappa shape index (κ1) is 12.4. The van der Waals surface area contributed by atoms with Gasteiger partial charge in [0.2, 0.25) is 0 Å². The van der Waals surface area contributed by atoms with Crippen molar-refractivity contribution in [2.75, 3.05) is 6.61 Å². The van der Waals surface area contributed by atoms with E-state index in [0.717, 1.165) is 25.3 Å². The molecule has 0 radical (unpaired) electrons. The molecule has 0 bridgehead atoms. The highest BCUT2D eigenvalue weighted by Gasteiger charge is 2.23. The molecule has 1 aromatic heterocycles. The summed E-state index contributed by atoms with van der Waals surface area (Å²) in [6.07, 6.45) is 3.20. The molecule has 0 spiro atoms. The van der Waals surface area contributed by atoms with Gasteiger partial charge in [0.1, 0.15) is 0 Å². The third-order valence-corrected chi connectivity index (χ3v) is 3.71. The van der Waals surface area contributed by atoms with Gasteiger partial charge >= 0.3 is 0 Å². The molecule has 2 atom stereocenters. The molecular weight excluding hydrogens is 238 g/mol. The van der Waals surface area contributed by atoms with Crippen LogP contribution in [-0.4, -0.2) is 29.0 Å². The van der Waals surface area contributed by atoms with Crippen LogP contribution >= 0.6 is 0 Å². The van der Waals surface area contributed by atoms with Gasteiger partial charge in [-0.05, 0) is 30.5 Å². The van der Waals surface area contributed by atoms with Crippen molar-refractivity contribution in [3.8, 4) is 11.3 Å². The molecule has 4 nitrogen and oxygen atoms in total. The van der Waals surface area contributed by atoms with Crippen molar-refractivity contribution in [3.05, 3.63) is 42.1 Å². The number of hydrogen-bond donors (Lipinski definition) is 2. The average Bonchev–Trinajstić information content (AvgIpc) is 3.09. The van der Waals surface area contributed by atoms with Gasteiger partial charge in [-0.15, -0.1) is 0 Å². The maximum absolute atomic E-state index is 5.55.